The molecule has 0 amide bonds. The number of hydrogen-bond donors (Lipinski definition) is 3. The highest BCUT2D eigenvalue weighted by molar-refractivity contribution is 7.83. The number of carboxylic acid groups (broad SMARTS) is 1. The van der Waals surface area contributed by atoms with Gasteiger partial charge in [-0.05, 0) is 18.1 Å². The lowest BCUT2D eigenvalue weighted by molar-refractivity contribution is -0.136. The Balaban J connectivity index is 2.77. The molecule has 1 aromatic carbocycles. The fourth-order valence-corrected chi connectivity index (χ4v) is 1.51. The summed E-state index contributed by atoms with van der Waals surface area (Å²) in [7, 11) is 0. The fourth-order valence-electron chi connectivity index (χ4n) is 1.02. The van der Waals surface area contributed by atoms with Gasteiger partial charge in [-0.1, -0.05) is 12.1 Å². The standard InChI is InChI=1S/C9H10O2S2/c10-8(11)5-4-6-2-1-3-7(12)9(6)13/h1-3,12-13H,4-5H2,(H,10,11). The van der Waals surface area contributed by atoms with Gasteiger partial charge in [-0.2, -0.15) is 0 Å². The molecule has 0 unspecified atom stereocenters. The summed E-state index contributed by atoms with van der Waals surface area (Å²) in [6, 6.07) is 5.54. The van der Waals surface area contributed by atoms with Crippen LogP contribution in [0.2, 0.25) is 0 Å². The molecule has 0 atom stereocenters. The Labute approximate surface area is 87.8 Å². The van der Waals surface area contributed by atoms with E-state index in [-0.39, 0.29) is 6.42 Å². The summed E-state index contributed by atoms with van der Waals surface area (Å²) in [5, 5.41) is 8.49. The van der Waals surface area contributed by atoms with Gasteiger partial charge in [-0.25, -0.2) is 0 Å². The van der Waals surface area contributed by atoms with Gasteiger partial charge in [0.2, 0.25) is 0 Å². The number of thiol groups is 2. The van der Waals surface area contributed by atoms with Gasteiger partial charge in [-0.15, -0.1) is 25.3 Å². The molecule has 13 heavy (non-hydrogen) atoms. The number of carboxylic acids is 1. The molecule has 0 aromatic heterocycles. The largest absolute Gasteiger partial charge is 0.481 e. The third-order valence-electron chi connectivity index (χ3n) is 1.71. The van der Waals surface area contributed by atoms with Crippen molar-refractivity contribution in [2.45, 2.75) is 22.6 Å². The summed E-state index contributed by atoms with van der Waals surface area (Å²) in [6.07, 6.45) is 0.632. The van der Waals surface area contributed by atoms with E-state index in [2.05, 4.69) is 25.3 Å². The van der Waals surface area contributed by atoms with Crippen LogP contribution in [0.3, 0.4) is 0 Å². The number of rotatable bonds is 3. The number of benzene rings is 1. The Morgan fingerprint density at radius 3 is 2.69 bits per heavy atom. The molecule has 0 bridgehead atoms. The maximum atomic E-state index is 10.3. The lowest BCUT2D eigenvalue weighted by atomic mass is 10.1. The van der Waals surface area contributed by atoms with Gasteiger partial charge >= 0.3 is 5.97 Å². The zero-order valence-corrected chi connectivity index (χ0v) is 8.69. The van der Waals surface area contributed by atoms with Crippen LogP contribution >= 0.6 is 25.3 Å². The van der Waals surface area contributed by atoms with Crippen molar-refractivity contribution in [1.82, 2.24) is 0 Å². The van der Waals surface area contributed by atoms with E-state index in [9.17, 15) is 4.79 Å². The smallest absolute Gasteiger partial charge is 0.303 e. The summed E-state index contributed by atoms with van der Waals surface area (Å²) in [6.45, 7) is 0. The van der Waals surface area contributed by atoms with Gasteiger partial charge in [0.05, 0.1) is 0 Å². The van der Waals surface area contributed by atoms with Crippen LogP contribution in [-0.2, 0) is 11.2 Å². The first-order valence-electron chi connectivity index (χ1n) is 3.83. The third-order valence-corrected chi connectivity index (χ3v) is 2.78. The Bertz CT molecular complexity index is 323. The Kier molecular flexibility index (Phi) is 3.69. The Morgan fingerprint density at radius 2 is 2.08 bits per heavy atom. The van der Waals surface area contributed by atoms with E-state index in [1.54, 1.807) is 0 Å². The fraction of sp³-hybridized carbons (Fsp3) is 0.222. The van der Waals surface area contributed by atoms with Crippen molar-refractivity contribution in [2.75, 3.05) is 0 Å². The highest BCUT2D eigenvalue weighted by atomic mass is 32.1. The molecule has 0 radical (unpaired) electrons. The maximum absolute atomic E-state index is 10.3. The van der Waals surface area contributed by atoms with Crippen LogP contribution < -0.4 is 0 Å². The van der Waals surface area contributed by atoms with Gasteiger partial charge in [-0.3, -0.25) is 4.79 Å². The van der Waals surface area contributed by atoms with Gasteiger partial charge < -0.3 is 5.11 Å². The summed E-state index contributed by atoms with van der Waals surface area (Å²) in [4.78, 5) is 11.9. The molecule has 0 saturated carbocycles. The maximum Gasteiger partial charge on any atom is 0.303 e. The van der Waals surface area contributed by atoms with E-state index in [1.165, 1.54) is 0 Å². The van der Waals surface area contributed by atoms with Crippen molar-refractivity contribution >= 4 is 31.2 Å². The minimum atomic E-state index is -0.794. The van der Waals surface area contributed by atoms with Crippen molar-refractivity contribution in [3.8, 4) is 0 Å². The van der Waals surface area contributed by atoms with Crippen LogP contribution in [0, 0.1) is 0 Å². The number of aryl methyl sites for hydroxylation is 1. The van der Waals surface area contributed by atoms with E-state index in [0.29, 0.717) is 6.42 Å². The van der Waals surface area contributed by atoms with Crippen LogP contribution in [0.1, 0.15) is 12.0 Å². The summed E-state index contributed by atoms with van der Waals surface area (Å²) < 4.78 is 0. The second-order valence-electron chi connectivity index (χ2n) is 2.68. The molecule has 0 saturated heterocycles. The van der Waals surface area contributed by atoms with Gasteiger partial charge in [0.25, 0.3) is 0 Å². The molecule has 0 fully saturated rings. The average molecular weight is 214 g/mol. The van der Waals surface area contributed by atoms with Crippen LogP contribution in [0.4, 0.5) is 0 Å². The molecule has 1 N–H and O–H groups in total. The average Bonchev–Trinajstić information content (AvgIpc) is 2.07. The molecule has 4 heteroatoms. The monoisotopic (exact) mass is 214 g/mol. The van der Waals surface area contributed by atoms with Crippen molar-refractivity contribution in [2.24, 2.45) is 0 Å². The summed E-state index contributed by atoms with van der Waals surface area (Å²) >= 11 is 8.43. The topological polar surface area (TPSA) is 37.3 Å². The lowest BCUT2D eigenvalue weighted by Gasteiger charge is -2.04. The first-order valence-corrected chi connectivity index (χ1v) is 4.72. The molecule has 0 aliphatic heterocycles. The SMILES string of the molecule is O=C(O)CCc1cccc(S)c1S. The predicted molar refractivity (Wildman–Crippen MR) is 56.9 cm³/mol. The van der Waals surface area contributed by atoms with Gasteiger partial charge in [0.1, 0.15) is 0 Å². The second kappa shape index (κ2) is 4.58. The first-order chi connectivity index (χ1) is 6.11. The highest BCUT2D eigenvalue weighted by Gasteiger charge is 2.04. The van der Waals surface area contributed by atoms with E-state index >= 15 is 0 Å². The zero-order chi connectivity index (χ0) is 9.84. The minimum Gasteiger partial charge on any atom is -0.481 e. The quantitative estimate of drug-likeness (QED) is 0.675. The van der Waals surface area contributed by atoms with E-state index in [0.717, 1.165) is 15.4 Å². The number of aliphatic carboxylic acids is 1. The van der Waals surface area contributed by atoms with Gasteiger partial charge in [0, 0.05) is 16.2 Å². The highest BCUT2D eigenvalue weighted by Crippen LogP contribution is 2.23. The summed E-state index contributed by atoms with van der Waals surface area (Å²) in [5.74, 6) is -0.794. The molecule has 70 valence electrons. The van der Waals surface area contributed by atoms with Crippen LogP contribution in [0.25, 0.3) is 0 Å². The van der Waals surface area contributed by atoms with E-state index < -0.39 is 5.97 Å². The van der Waals surface area contributed by atoms with Crippen molar-refractivity contribution in [3.05, 3.63) is 23.8 Å². The van der Waals surface area contributed by atoms with Crippen molar-refractivity contribution < 1.29 is 9.90 Å². The molecule has 2 nitrogen and oxygen atoms in total. The molecule has 0 aliphatic carbocycles. The molecule has 0 heterocycles. The molecule has 0 aliphatic rings. The Morgan fingerprint density at radius 1 is 1.38 bits per heavy atom. The molecule has 1 rings (SSSR count). The van der Waals surface area contributed by atoms with Crippen molar-refractivity contribution in [3.63, 3.8) is 0 Å². The zero-order valence-electron chi connectivity index (χ0n) is 6.90. The van der Waals surface area contributed by atoms with Crippen molar-refractivity contribution in [1.29, 1.82) is 0 Å². The summed E-state index contributed by atoms with van der Waals surface area (Å²) in [5.41, 5.74) is 0.929. The second-order valence-corrected chi connectivity index (χ2v) is 3.61. The first kappa shape index (κ1) is 10.5. The van der Waals surface area contributed by atoms with Crippen LogP contribution in [0.15, 0.2) is 28.0 Å². The minimum absolute atomic E-state index is 0.130. The molecular formula is C9H10O2S2. The van der Waals surface area contributed by atoms with Gasteiger partial charge in [0.15, 0.2) is 0 Å². The molecular weight excluding hydrogens is 204 g/mol. The number of hydrogen-bond acceptors (Lipinski definition) is 3. The lowest BCUT2D eigenvalue weighted by Crippen LogP contribution is -1.98. The molecule has 0 spiro atoms. The van der Waals surface area contributed by atoms with E-state index in [4.69, 9.17) is 5.11 Å². The predicted octanol–water partition coefficient (Wildman–Crippen LogP) is 2.28. The normalized spacial score (nSPS) is 10.0. The molecule has 1 aromatic rings. The third kappa shape index (κ3) is 2.97. The van der Waals surface area contributed by atoms with Crippen LogP contribution in [-0.4, -0.2) is 11.1 Å². The van der Waals surface area contributed by atoms with E-state index in [1.807, 2.05) is 18.2 Å². The number of carbonyl (C=O) groups is 1. The van der Waals surface area contributed by atoms with Crippen LogP contribution in [0.5, 0.6) is 0 Å². The Hall–Kier alpha value is -0.610.